The van der Waals surface area contributed by atoms with Gasteiger partial charge in [0.1, 0.15) is 6.61 Å². The van der Waals surface area contributed by atoms with Gasteiger partial charge in [-0.2, -0.15) is 0 Å². The Morgan fingerprint density at radius 3 is 2.32 bits per heavy atom. The molecular weight excluding hydrogens is 238 g/mol. The highest BCUT2D eigenvalue weighted by Gasteiger charge is 2.18. The molecule has 3 nitrogen and oxygen atoms in total. The minimum atomic E-state index is -0.0554. The number of nitrogens with one attached hydrogen (secondary N) is 1. The highest BCUT2D eigenvalue weighted by molar-refractivity contribution is 5.77. The third kappa shape index (κ3) is 5.03. The van der Waals surface area contributed by atoms with Crippen molar-refractivity contribution in [3.05, 3.63) is 35.4 Å². The molecule has 1 aromatic rings. The van der Waals surface area contributed by atoms with E-state index >= 15 is 0 Å². The third-order valence-corrected chi connectivity index (χ3v) is 3.17. The van der Waals surface area contributed by atoms with E-state index in [4.69, 9.17) is 4.74 Å². The molecule has 3 heteroatoms. The molecule has 0 spiro atoms. The Bertz CT molecular complexity index is 384. The van der Waals surface area contributed by atoms with Gasteiger partial charge in [-0.3, -0.25) is 4.79 Å². The summed E-state index contributed by atoms with van der Waals surface area (Å²) in [5.41, 5.74) is 2.46. The van der Waals surface area contributed by atoms with Gasteiger partial charge >= 0.3 is 0 Å². The topological polar surface area (TPSA) is 38.3 Å². The number of rotatable bonds is 7. The molecule has 1 rings (SSSR count). The van der Waals surface area contributed by atoms with Crippen LogP contribution in [0.1, 0.15) is 44.9 Å². The van der Waals surface area contributed by atoms with Crippen LogP contribution in [-0.4, -0.2) is 19.1 Å². The van der Waals surface area contributed by atoms with Gasteiger partial charge in [0.05, 0.1) is 6.04 Å². The summed E-state index contributed by atoms with van der Waals surface area (Å²) in [6.07, 6.45) is 1.03. The van der Waals surface area contributed by atoms with Crippen LogP contribution in [0.5, 0.6) is 0 Å². The lowest BCUT2D eigenvalue weighted by Crippen LogP contribution is -2.34. The second-order valence-electron chi connectivity index (χ2n) is 5.02. The van der Waals surface area contributed by atoms with Crippen LogP contribution in [0.3, 0.4) is 0 Å². The number of carbonyl (C=O) groups is 1. The van der Waals surface area contributed by atoms with Crippen LogP contribution in [0.4, 0.5) is 0 Å². The van der Waals surface area contributed by atoms with Crippen LogP contribution in [-0.2, 0) is 16.0 Å². The summed E-state index contributed by atoms with van der Waals surface area (Å²) >= 11 is 0. The Labute approximate surface area is 116 Å². The van der Waals surface area contributed by atoms with Crippen molar-refractivity contribution in [3.63, 3.8) is 0 Å². The average Bonchev–Trinajstić information content (AvgIpc) is 2.42. The van der Waals surface area contributed by atoms with Crippen LogP contribution in [0.15, 0.2) is 24.3 Å². The van der Waals surface area contributed by atoms with Crippen molar-refractivity contribution in [1.29, 1.82) is 0 Å². The van der Waals surface area contributed by atoms with Gasteiger partial charge in [-0.25, -0.2) is 0 Å². The third-order valence-electron chi connectivity index (χ3n) is 3.17. The normalized spacial score (nSPS) is 12.5. The van der Waals surface area contributed by atoms with Gasteiger partial charge in [-0.05, 0) is 30.4 Å². The van der Waals surface area contributed by atoms with Gasteiger partial charge in [0, 0.05) is 6.61 Å². The molecule has 0 aromatic heterocycles. The lowest BCUT2D eigenvalue weighted by molar-refractivity contribution is -0.126. The van der Waals surface area contributed by atoms with Gasteiger partial charge in [0.25, 0.3) is 0 Å². The summed E-state index contributed by atoms with van der Waals surface area (Å²) < 4.78 is 5.14. The van der Waals surface area contributed by atoms with Crippen molar-refractivity contribution in [2.45, 2.75) is 40.2 Å². The maximum absolute atomic E-state index is 11.8. The summed E-state index contributed by atoms with van der Waals surface area (Å²) in [5, 5.41) is 3.04. The van der Waals surface area contributed by atoms with Gasteiger partial charge < -0.3 is 10.1 Å². The predicted molar refractivity (Wildman–Crippen MR) is 78.0 cm³/mol. The lowest BCUT2D eigenvalue weighted by Gasteiger charge is -2.23. The fourth-order valence-electron chi connectivity index (χ4n) is 2.01. The zero-order valence-electron chi connectivity index (χ0n) is 12.4. The molecule has 0 aliphatic heterocycles. The van der Waals surface area contributed by atoms with Gasteiger partial charge in [-0.1, -0.05) is 45.0 Å². The first-order valence-electron chi connectivity index (χ1n) is 7.04. The Morgan fingerprint density at radius 2 is 1.84 bits per heavy atom. The molecule has 1 aromatic carbocycles. The summed E-state index contributed by atoms with van der Waals surface area (Å²) in [6, 6.07) is 8.49. The molecule has 0 aliphatic rings. The average molecular weight is 263 g/mol. The van der Waals surface area contributed by atoms with E-state index in [9.17, 15) is 4.79 Å². The number of aryl methyl sites for hydroxylation is 1. The Kier molecular flexibility index (Phi) is 6.57. The fraction of sp³-hybridized carbons (Fsp3) is 0.562. The monoisotopic (exact) mass is 263 g/mol. The van der Waals surface area contributed by atoms with E-state index in [0.717, 1.165) is 12.0 Å². The van der Waals surface area contributed by atoms with E-state index in [-0.39, 0.29) is 18.6 Å². The Balaban J connectivity index is 2.73. The molecule has 1 amide bonds. The number of carbonyl (C=O) groups excluding carboxylic acids is 1. The van der Waals surface area contributed by atoms with Crippen LogP contribution in [0, 0.1) is 5.92 Å². The maximum Gasteiger partial charge on any atom is 0.246 e. The number of ether oxygens (including phenoxy) is 1. The van der Waals surface area contributed by atoms with Gasteiger partial charge in [0.15, 0.2) is 0 Å². The molecule has 106 valence electrons. The minimum Gasteiger partial charge on any atom is -0.372 e. The molecule has 0 fully saturated rings. The predicted octanol–water partition coefficient (Wildman–Crippen LogP) is 3.10. The van der Waals surface area contributed by atoms with E-state index in [0.29, 0.717) is 12.5 Å². The first-order valence-corrected chi connectivity index (χ1v) is 7.04. The van der Waals surface area contributed by atoms with Crippen LogP contribution < -0.4 is 5.32 Å². The minimum absolute atomic E-state index is 0.0406. The number of hydrogen-bond donors (Lipinski definition) is 1. The summed E-state index contributed by atoms with van der Waals surface area (Å²) in [6.45, 7) is 8.94. The SMILES string of the molecule is CCOCC(=O)NC(c1ccc(CC)cc1)C(C)C. The van der Waals surface area contributed by atoms with Crippen molar-refractivity contribution >= 4 is 5.91 Å². The molecule has 0 aliphatic carbocycles. The fourth-order valence-corrected chi connectivity index (χ4v) is 2.01. The molecule has 1 unspecified atom stereocenters. The number of amides is 1. The first-order chi connectivity index (χ1) is 9.08. The zero-order valence-corrected chi connectivity index (χ0v) is 12.4. The Morgan fingerprint density at radius 1 is 1.21 bits per heavy atom. The van der Waals surface area contributed by atoms with Crippen molar-refractivity contribution in [3.8, 4) is 0 Å². The van der Waals surface area contributed by atoms with Gasteiger partial charge in [-0.15, -0.1) is 0 Å². The molecule has 19 heavy (non-hydrogen) atoms. The van der Waals surface area contributed by atoms with E-state index in [1.54, 1.807) is 0 Å². The molecule has 0 saturated carbocycles. The van der Waals surface area contributed by atoms with Crippen LogP contribution in [0.2, 0.25) is 0 Å². The second kappa shape index (κ2) is 7.95. The number of benzene rings is 1. The van der Waals surface area contributed by atoms with Crippen molar-refractivity contribution < 1.29 is 9.53 Å². The highest BCUT2D eigenvalue weighted by atomic mass is 16.5. The van der Waals surface area contributed by atoms with Crippen LogP contribution in [0.25, 0.3) is 0 Å². The maximum atomic E-state index is 11.8. The number of hydrogen-bond acceptors (Lipinski definition) is 2. The molecule has 0 radical (unpaired) electrons. The van der Waals surface area contributed by atoms with E-state index in [2.05, 4.69) is 50.4 Å². The highest BCUT2D eigenvalue weighted by Crippen LogP contribution is 2.22. The van der Waals surface area contributed by atoms with Crippen molar-refractivity contribution in [1.82, 2.24) is 5.32 Å². The van der Waals surface area contributed by atoms with E-state index < -0.39 is 0 Å². The van der Waals surface area contributed by atoms with Gasteiger partial charge in [0.2, 0.25) is 5.91 Å². The molecular formula is C16H25NO2. The smallest absolute Gasteiger partial charge is 0.246 e. The molecule has 0 saturated heterocycles. The quantitative estimate of drug-likeness (QED) is 0.821. The largest absolute Gasteiger partial charge is 0.372 e. The lowest BCUT2D eigenvalue weighted by atomic mass is 9.95. The summed E-state index contributed by atoms with van der Waals surface area (Å²) in [7, 11) is 0. The molecule has 0 heterocycles. The summed E-state index contributed by atoms with van der Waals surface area (Å²) in [4.78, 5) is 11.8. The molecule has 1 N–H and O–H groups in total. The second-order valence-corrected chi connectivity index (χ2v) is 5.02. The molecule has 1 atom stereocenters. The summed E-state index contributed by atoms with van der Waals surface area (Å²) in [5.74, 6) is 0.290. The van der Waals surface area contributed by atoms with Crippen LogP contribution >= 0.6 is 0 Å². The van der Waals surface area contributed by atoms with Crippen molar-refractivity contribution in [2.75, 3.05) is 13.2 Å². The van der Waals surface area contributed by atoms with Crippen molar-refractivity contribution in [2.24, 2.45) is 5.92 Å². The molecule has 0 bridgehead atoms. The first kappa shape index (κ1) is 15.7. The zero-order chi connectivity index (χ0) is 14.3. The van der Waals surface area contributed by atoms with E-state index in [1.165, 1.54) is 5.56 Å². The van der Waals surface area contributed by atoms with E-state index in [1.807, 2.05) is 6.92 Å². The Hall–Kier alpha value is -1.35. The standard InChI is InChI=1S/C16H25NO2/c1-5-13-7-9-14(10-8-13)16(12(3)4)17-15(18)11-19-6-2/h7-10,12,16H,5-6,11H2,1-4H3,(H,17,18).